The zero-order chi connectivity index (χ0) is 19.3. The lowest BCUT2D eigenvalue weighted by molar-refractivity contribution is -0.149. The highest BCUT2D eigenvalue weighted by atomic mass is 16.6. The van der Waals surface area contributed by atoms with Gasteiger partial charge in [0.25, 0.3) is 0 Å². The summed E-state index contributed by atoms with van der Waals surface area (Å²) < 4.78 is 10.1. The lowest BCUT2D eigenvalue weighted by atomic mass is 10.0. The molecule has 0 aromatic rings. The highest BCUT2D eigenvalue weighted by molar-refractivity contribution is 5.87. The molecule has 0 heterocycles. The van der Waals surface area contributed by atoms with Gasteiger partial charge in [0.1, 0.15) is 5.60 Å². The van der Waals surface area contributed by atoms with E-state index in [1.807, 2.05) is 20.8 Å². The quantitative estimate of drug-likeness (QED) is 0.448. The first-order valence-electron chi connectivity index (χ1n) is 8.66. The summed E-state index contributed by atoms with van der Waals surface area (Å²) >= 11 is 0. The van der Waals surface area contributed by atoms with Gasteiger partial charge in [0.2, 0.25) is 0 Å². The standard InChI is InChI=1S/C12H22O2.C8H14O2/c1-5-7-8-11(6-2)9-14-12(13)10(3)4;1-6(2)7(9)10-8(3,4)5/h11H,3,5-9H2,1-2,4H3;1H2,2-5H3. The van der Waals surface area contributed by atoms with E-state index in [0.717, 1.165) is 12.8 Å². The van der Waals surface area contributed by atoms with Crippen molar-refractivity contribution in [2.24, 2.45) is 5.92 Å². The Morgan fingerprint density at radius 3 is 1.79 bits per heavy atom. The summed E-state index contributed by atoms with van der Waals surface area (Å²) in [5.74, 6) is -0.0781. The van der Waals surface area contributed by atoms with Gasteiger partial charge in [-0.15, -0.1) is 0 Å². The van der Waals surface area contributed by atoms with Gasteiger partial charge >= 0.3 is 11.9 Å². The largest absolute Gasteiger partial charge is 0.462 e. The van der Waals surface area contributed by atoms with Crippen LogP contribution in [0.15, 0.2) is 24.3 Å². The van der Waals surface area contributed by atoms with Crippen LogP contribution in [0.2, 0.25) is 0 Å². The van der Waals surface area contributed by atoms with Crippen molar-refractivity contribution in [2.75, 3.05) is 6.61 Å². The molecule has 0 aromatic carbocycles. The van der Waals surface area contributed by atoms with Crippen molar-refractivity contribution >= 4 is 11.9 Å². The minimum Gasteiger partial charge on any atom is -0.462 e. The Hall–Kier alpha value is -1.58. The molecule has 0 aromatic heterocycles. The van der Waals surface area contributed by atoms with Crippen LogP contribution in [-0.2, 0) is 19.1 Å². The maximum Gasteiger partial charge on any atom is 0.333 e. The van der Waals surface area contributed by atoms with Gasteiger partial charge in [-0.2, -0.15) is 0 Å². The van der Waals surface area contributed by atoms with E-state index in [0.29, 0.717) is 23.7 Å². The number of carbonyl (C=O) groups is 2. The van der Waals surface area contributed by atoms with E-state index in [2.05, 4.69) is 27.0 Å². The van der Waals surface area contributed by atoms with Crippen molar-refractivity contribution in [2.45, 2.75) is 79.8 Å². The highest BCUT2D eigenvalue weighted by Gasteiger charge is 2.15. The average molecular weight is 341 g/mol. The van der Waals surface area contributed by atoms with Crippen LogP contribution in [0.3, 0.4) is 0 Å². The third kappa shape index (κ3) is 15.3. The third-order valence-corrected chi connectivity index (χ3v) is 3.09. The van der Waals surface area contributed by atoms with Crippen LogP contribution in [0.4, 0.5) is 0 Å². The second-order valence-electron chi connectivity index (χ2n) is 7.08. The Labute approximate surface area is 148 Å². The van der Waals surface area contributed by atoms with Crippen molar-refractivity contribution in [3.05, 3.63) is 24.3 Å². The lowest BCUT2D eigenvalue weighted by Crippen LogP contribution is -2.23. The van der Waals surface area contributed by atoms with Crippen LogP contribution in [-0.4, -0.2) is 24.1 Å². The molecule has 0 fully saturated rings. The molecule has 4 heteroatoms. The first-order chi connectivity index (χ1) is 10.9. The highest BCUT2D eigenvalue weighted by Crippen LogP contribution is 2.13. The summed E-state index contributed by atoms with van der Waals surface area (Å²) in [5.41, 5.74) is 0.515. The third-order valence-electron chi connectivity index (χ3n) is 3.09. The SMILES string of the molecule is C=C(C)C(=O)OC(C)(C)C.C=C(C)C(=O)OCC(CC)CCCC. The first kappa shape index (κ1) is 24.7. The monoisotopic (exact) mass is 340 g/mol. The number of esters is 2. The van der Waals surface area contributed by atoms with E-state index in [9.17, 15) is 9.59 Å². The molecule has 24 heavy (non-hydrogen) atoms. The number of rotatable bonds is 8. The Kier molecular flexibility index (Phi) is 13.2. The van der Waals surface area contributed by atoms with E-state index < -0.39 is 5.60 Å². The van der Waals surface area contributed by atoms with Crippen molar-refractivity contribution in [1.82, 2.24) is 0 Å². The minimum absolute atomic E-state index is 0.264. The molecule has 0 amide bonds. The van der Waals surface area contributed by atoms with Gasteiger partial charge in [0.05, 0.1) is 6.61 Å². The van der Waals surface area contributed by atoms with Crippen LogP contribution in [0, 0.1) is 5.92 Å². The first-order valence-corrected chi connectivity index (χ1v) is 8.66. The zero-order valence-electron chi connectivity index (χ0n) is 16.7. The van der Waals surface area contributed by atoms with Crippen LogP contribution in [0.1, 0.15) is 74.1 Å². The molecule has 0 bridgehead atoms. The molecule has 0 N–H and O–H groups in total. The van der Waals surface area contributed by atoms with Gasteiger partial charge < -0.3 is 9.47 Å². The molecule has 4 nitrogen and oxygen atoms in total. The molecular formula is C20H36O4. The molecule has 0 aliphatic carbocycles. The fourth-order valence-corrected chi connectivity index (χ4v) is 1.58. The van der Waals surface area contributed by atoms with Crippen molar-refractivity contribution in [3.8, 4) is 0 Å². The van der Waals surface area contributed by atoms with Gasteiger partial charge in [-0.1, -0.05) is 46.3 Å². The van der Waals surface area contributed by atoms with Gasteiger partial charge in [-0.05, 0) is 47.0 Å². The van der Waals surface area contributed by atoms with Gasteiger partial charge in [0.15, 0.2) is 0 Å². The smallest absolute Gasteiger partial charge is 0.333 e. The van der Waals surface area contributed by atoms with E-state index in [1.54, 1.807) is 13.8 Å². The average Bonchev–Trinajstić information content (AvgIpc) is 2.45. The maximum atomic E-state index is 11.1. The predicted molar refractivity (Wildman–Crippen MR) is 99.7 cm³/mol. The summed E-state index contributed by atoms with van der Waals surface area (Å²) in [6, 6.07) is 0. The number of hydrogen-bond acceptors (Lipinski definition) is 4. The minimum atomic E-state index is -0.407. The van der Waals surface area contributed by atoms with E-state index >= 15 is 0 Å². The van der Waals surface area contributed by atoms with Crippen molar-refractivity contribution in [3.63, 3.8) is 0 Å². The molecule has 0 aliphatic heterocycles. The summed E-state index contributed by atoms with van der Waals surface area (Å²) in [6.07, 6.45) is 4.63. The van der Waals surface area contributed by atoms with Gasteiger partial charge in [-0.25, -0.2) is 9.59 Å². The predicted octanol–water partition coefficient (Wildman–Crippen LogP) is 5.23. The molecule has 0 saturated heterocycles. The van der Waals surface area contributed by atoms with E-state index in [4.69, 9.17) is 9.47 Å². The normalized spacial score (nSPS) is 11.6. The molecular weight excluding hydrogens is 304 g/mol. The summed E-state index contributed by atoms with van der Waals surface area (Å²) in [5, 5.41) is 0. The number of hydrogen-bond donors (Lipinski definition) is 0. The van der Waals surface area contributed by atoms with Crippen molar-refractivity contribution < 1.29 is 19.1 Å². The Bertz CT molecular complexity index is 416. The van der Waals surface area contributed by atoms with E-state index in [1.165, 1.54) is 12.8 Å². The number of unbranched alkanes of at least 4 members (excludes halogenated alkanes) is 1. The van der Waals surface area contributed by atoms with Crippen LogP contribution < -0.4 is 0 Å². The summed E-state index contributed by atoms with van der Waals surface area (Å²) in [4.78, 5) is 22.0. The Morgan fingerprint density at radius 1 is 1.00 bits per heavy atom. The Balaban J connectivity index is 0. The topological polar surface area (TPSA) is 52.6 Å². The van der Waals surface area contributed by atoms with E-state index in [-0.39, 0.29) is 11.9 Å². The van der Waals surface area contributed by atoms with Crippen LogP contribution in [0.25, 0.3) is 0 Å². The lowest BCUT2D eigenvalue weighted by Gasteiger charge is -2.19. The molecule has 0 aliphatic rings. The molecule has 0 saturated carbocycles. The summed E-state index contributed by atoms with van der Waals surface area (Å²) in [6.45, 7) is 20.7. The second-order valence-corrected chi connectivity index (χ2v) is 7.08. The summed E-state index contributed by atoms with van der Waals surface area (Å²) in [7, 11) is 0. The number of ether oxygens (including phenoxy) is 2. The molecule has 0 spiro atoms. The fourth-order valence-electron chi connectivity index (χ4n) is 1.58. The Morgan fingerprint density at radius 2 is 1.50 bits per heavy atom. The van der Waals surface area contributed by atoms with Crippen LogP contribution in [0.5, 0.6) is 0 Å². The molecule has 0 radical (unpaired) electrons. The molecule has 1 unspecified atom stereocenters. The molecule has 0 rings (SSSR count). The van der Waals surface area contributed by atoms with Gasteiger partial charge in [0, 0.05) is 11.1 Å². The van der Waals surface area contributed by atoms with Gasteiger partial charge in [-0.3, -0.25) is 0 Å². The number of carbonyl (C=O) groups excluding carboxylic acids is 2. The fraction of sp³-hybridized carbons (Fsp3) is 0.700. The molecule has 140 valence electrons. The second kappa shape index (κ2) is 12.8. The van der Waals surface area contributed by atoms with Crippen molar-refractivity contribution in [1.29, 1.82) is 0 Å². The zero-order valence-corrected chi connectivity index (χ0v) is 16.7. The molecule has 1 atom stereocenters. The van der Waals surface area contributed by atoms with Crippen LogP contribution >= 0.6 is 0 Å². The maximum absolute atomic E-state index is 11.1.